The Balaban J connectivity index is 1.75. The predicted octanol–water partition coefficient (Wildman–Crippen LogP) is 2.26. The van der Waals surface area contributed by atoms with Crippen molar-refractivity contribution in [1.82, 2.24) is 24.7 Å². The van der Waals surface area contributed by atoms with Crippen LogP contribution < -0.4 is 5.32 Å². The quantitative estimate of drug-likeness (QED) is 0.782. The van der Waals surface area contributed by atoms with Gasteiger partial charge in [0.25, 0.3) is 0 Å². The molecule has 0 aliphatic carbocycles. The molecule has 0 spiro atoms. The minimum absolute atomic E-state index is 0.510. The molecule has 0 radical (unpaired) electrons. The van der Waals surface area contributed by atoms with E-state index >= 15 is 0 Å². The number of hydrogen-bond acceptors (Lipinski definition) is 4. The summed E-state index contributed by atoms with van der Waals surface area (Å²) in [6.07, 6.45) is 7.99. The molecule has 106 valence electrons. The first kappa shape index (κ1) is 12.5. The van der Waals surface area contributed by atoms with E-state index in [1.54, 1.807) is 6.20 Å². The van der Waals surface area contributed by atoms with Crippen LogP contribution in [0.3, 0.4) is 0 Å². The van der Waals surface area contributed by atoms with E-state index in [1.807, 2.05) is 28.9 Å². The minimum atomic E-state index is 0.510. The summed E-state index contributed by atoms with van der Waals surface area (Å²) in [5, 5.41) is 3.45. The Morgan fingerprint density at radius 1 is 1.19 bits per heavy atom. The van der Waals surface area contributed by atoms with Crippen molar-refractivity contribution in [3.63, 3.8) is 0 Å². The first-order valence-electron chi connectivity index (χ1n) is 7.38. The standard InChI is InChI=1S/C16H17N5/c1-5-13(12-4-2-7-17-10-12)20-14(6-1)15-11-19-16-18-8-3-9-21(15)16/h1,3,5-6,8-9,11-12,17H,2,4,7,10H2/t12-/m1/s1. The van der Waals surface area contributed by atoms with Crippen LogP contribution in [0.2, 0.25) is 0 Å². The molecule has 1 fully saturated rings. The van der Waals surface area contributed by atoms with Gasteiger partial charge in [-0.3, -0.25) is 9.38 Å². The second kappa shape index (κ2) is 5.26. The van der Waals surface area contributed by atoms with Gasteiger partial charge in [-0.15, -0.1) is 0 Å². The smallest absolute Gasteiger partial charge is 0.234 e. The Bertz CT molecular complexity index is 758. The van der Waals surface area contributed by atoms with E-state index in [2.05, 4.69) is 27.4 Å². The van der Waals surface area contributed by atoms with Crippen molar-refractivity contribution >= 4 is 5.78 Å². The van der Waals surface area contributed by atoms with Gasteiger partial charge in [0.15, 0.2) is 0 Å². The Kier molecular flexibility index (Phi) is 3.12. The van der Waals surface area contributed by atoms with Gasteiger partial charge in [0.1, 0.15) is 0 Å². The summed E-state index contributed by atoms with van der Waals surface area (Å²) in [6.45, 7) is 2.14. The molecule has 3 aromatic heterocycles. The van der Waals surface area contributed by atoms with Crippen molar-refractivity contribution in [3.05, 3.63) is 48.5 Å². The molecule has 5 heteroatoms. The van der Waals surface area contributed by atoms with Gasteiger partial charge in [-0.2, -0.15) is 0 Å². The molecule has 21 heavy (non-hydrogen) atoms. The van der Waals surface area contributed by atoms with Crippen LogP contribution in [0.5, 0.6) is 0 Å². The maximum absolute atomic E-state index is 4.86. The number of pyridine rings is 1. The maximum atomic E-state index is 4.86. The van der Waals surface area contributed by atoms with Crippen LogP contribution in [-0.4, -0.2) is 32.4 Å². The van der Waals surface area contributed by atoms with Gasteiger partial charge < -0.3 is 5.32 Å². The summed E-state index contributed by atoms with van der Waals surface area (Å²) in [5.41, 5.74) is 3.11. The Morgan fingerprint density at radius 3 is 3.10 bits per heavy atom. The largest absolute Gasteiger partial charge is 0.316 e. The molecule has 1 aliphatic heterocycles. The van der Waals surface area contributed by atoms with E-state index in [-0.39, 0.29) is 0 Å². The highest BCUT2D eigenvalue weighted by Crippen LogP contribution is 2.24. The molecule has 4 heterocycles. The second-order valence-corrected chi connectivity index (χ2v) is 5.42. The molecular weight excluding hydrogens is 262 g/mol. The Hall–Kier alpha value is -2.27. The SMILES string of the molecule is c1cc(-c2cnc3ncccn23)nc([C@@H]2CCCNC2)c1. The van der Waals surface area contributed by atoms with Crippen molar-refractivity contribution in [3.8, 4) is 11.4 Å². The summed E-state index contributed by atoms with van der Waals surface area (Å²) in [7, 11) is 0. The van der Waals surface area contributed by atoms with Crippen molar-refractivity contribution in [2.45, 2.75) is 18.8 Å². The number of hydrogen-bond donors (Lipinski definition) is 1. The topological polar surface area (TPSA) is 55.1 Å². The van der Waals surface area contributed by atoms with E-state index < -0.39 is 0 Å². The third-order valence-corrected chi connectivity index (χ3v) is 4.04. The van der Waals surface area contributed by atoms with Crippen LogP contribution in [0.25, 0.3) is 17.2 Å². The van der Waals surface area contributed by atoms with Gasteiger partial charge in [-0.25, -0.2) is 9.97 Å². The molecule has 3 aromatic rings. The zero-order valence-electron chi connectivity index (χ0n) is 11.7. The fourth-order valence-corrected chi connectivity index (χ4v) is 2.94. The number of rotatable bonds is 2. The highest BCUT2D eigenvalue weighted by Gasteiger charge is 2.17. The van der Waals surface area contributed by atoms with Gasteiger partial charge in [0.05, 0.1) is 17.6 Å². The van der Waals surface area contributed by atoms with Gasteiger partial charge in [-0.05, 0) is 37.6 Å². The number of nitrogens with zero attached hydrogens (tertiary/aromatic N) is 4. The highest BCUT2D eigenvalue weighted by atomic mass is 15.1. The summed E-state index contributed by atoms with van der Waals surface area (Å²) in [6, 6.07) is 8.16. The fourth-order valence-electron chi connectivity index (χ4n) is 2.94. The van der Waals surface area contributed by atoms with E-state index in [1.165, 1.54) is 18.5 Å². The summed E-state index contributed by atoms with van der Waals surface area (Å²) in [4.78, 5) is 13.5. The van der Waals surface area contributed by atoms with Crippen LogP contribution in [0.1, 0.15) is 24.5 Å². The molecule has 1 atom stereocenters. The normalized spacial score (nSPS) is 19.0. The number of aromatic nitrogens is 4. The van der Waals surface area contributed by atoms with Gasteiger partial charge >= 0.3 is 0 Å². The molecular formula is C16H17N5. The lowest BCUT2D eigenvalue weighted by Gasteiger charge is -2.22. The van der Waals surface area contributed by atoms with Crippen LogP contribution in [-0.2, 0) is 0 Å². The van der Waals surface area contributed by atoms with Crippen molar-refractivity contribution in [2.24, 2.45) is 0 Å². The number of fused-ring (bicyclic) bond motifs is 1. The van der Waals surface area contributed by atoms with Gasteiger partial charge in [0.2, 0.25) is 5.78 Å². The Morgan fingerprint density at radius 2 is 2.19 bits per heavy atom. The first-order chi connectivity index (χ1) is 10.4. The van der Waals surface area contributed by atoms with E-state index in [9.17, 15) is 0 Å². The molecule has 4 rings (SSSR count). The van der Waals surface area contributed by atoms with E-state index in [4.69, 9.17) is 4.98 Å². The molecule has 1 aliphatic rings. The molecule has 0 unspecified atom stereocenters. The number of imidazole rings is 1. The lowest BCUT2D eigenvalue weighted by atomic mass is 9.95. The summed E-state index contributed by atoms with van der Waals surface area (Å²) < 4.78 is 1.98. The summed E-state index contributed by atoms with van der Waals surface area (Å²) >= 11 is 0. The van der Waals surface area contributed by atoms with Crippen molar-refractivity contribution in [1.29, 1.82) is 0 Å². The Labute approximate surface area is 123 Å². The molecule has 5 nitrogen and oxygen atoms in total. The predicted molar refractivity (Wildman–Crippen MR) is 81.1 cm³/mol. The van der Waals surface area contributed by atoms with Gasteiger partial charge in [0, 0.05) is 30.6 Å². The molecule has 1 saturated heterocycles. The second-order valence-electron chi connectivity index (χ2n) is 5.42. The van der Waals surface area contributed by atoms with Crippen LogP contribution in [0.4, 0.5) is 0 Å². The van der Waals surface area contributed by atoms with Crippen molar-refractivity contribution in [2.75, 3.05) is 13.1 Å². The minimum Gasteiger partial charge on any atom is -0.316 e. The zero-order valence-corrected chi connectivity index (χ0v) is 11.7. The van der Waals surface area contributed by atoms with Crippen molar-refractivity contribution < 1.29 is 0 Å². The number of nitrogens with one attached hydrogen (secondary N) is 1. The molecule has 0 amide bonds. The molecule has 0 saturated carbocycles. The summed E-state index contributed by atoms with van der Waals surface area (Å²) in [5.74, 6) is 1.22. The van der Waals surface area contributed by atoms with E-state index in [0.29, 0.717) is 11.7 Å². The van der Waals surface area contributed by atoms with Crippen LogP contribution in [0.15, 0.2) is 42.9 Å². The monoisotopic (exact) mass is 279 g/mol. The average molecular weight is 279 g/mol. The zero-order chi connectivity index (χ0) is 14.1. The fraction of sp³-hybridized carbons (Fsp3) is 0.312. The molecule has 0 aromatic carbocycles. The highest BCUT2D eigenvalue weighted by molar-refractivity contribution is 5.58. The molecule has 1 N–H and O–H groups in total. The third kappa shape index (κ3) is 2.29. The van der Waals surface area contributed by atoms with Crippen LogP contribution in [0, 0.1) is 0 Å². The van der Waals surface area contributed by atoms with Crippen LogP contribution >= 0.6 is 0 Å². The number of piperidine rings is 1. The lowest BCUT2D eigenvalue weighted by Crippen LogP contribution is -2.28. The van der Waals surface area contributed by atoms with Gasteiger partial charge in [-0.1, -0.05) is 6.07 Å². The maximum Gasteiger partial charge on any atom is 0.234 e. The van der Waals surface area contributed by atoms with E-state index in [0.717, 1.165) is 24.5 Å². The third-order valence-electron chi connectivity index (χ3n) is 4.04. The lowest BCUT2D eigenvalue weighted by molar-refractivity contribution is 0.455. The average Bonchev–Trinajstić information content (AvgIpc) is 3.00. The first-order valence-corrected chi connectivity index (χ1v) is 7.38. The molecule has 0 bridgehead atoms.